The SMILES string of the molecule is Cc1ccc(Cl)cc1OCC1CN(C)CCO1. The standard InChI is InChI=1S/C13H18ClNO2/c1-10-3-4-11(14)7-13(10)17-9-12-8-15(2)5-6-16-12/h3-4,7,12H,5-6,8-9H2,1-2H3. The van der Waals surface area contributed by atoms with Crippen LogP contribution in [-0.2, 0) is 4.74 Å². The Morgan fingerprint density at radius 3 is 3.12 bits per heavy atom. The zero-order chi connectivity index (χ0) is 12.3. The lowest BCUT2D eigenvalue weighted by Crippen LogP contribution is -2.42. The molecule has 1 atom stereocenters. The molecule has 1 unspecified atom stereocenters. The van der Waals surface area contributed by atoms with Crippen molar-refractivity contribution in [3.05, 3.63) is 28.8 Å². The van der Waals surface area contributed by atoms with E-state index in [4.69, 9.17) is 21.1 Å². The number of morpholine rings is 1. The number of ether oxygens (including phenoxy) is 2. The number of aryl methyl sites for hydroxylation is 1. The quantitative estimate of drug-likeness (QED) is 0.828. The summed E-state index contributed by atoms with van der Waals surface area (Å²) in [6.45, 7) is 5.27. The Morgan fingerprint density at radius 2 is 2.35 bits per heavy atom. The van der Waals surface area contributed by atoms with E-state index in [2.05, 4.69) is 11.9 Å². The molecule has 0 bridgehead atoms. The van der Waals surface area contributed by atoms with Gasteiger partial charge in [0.2, 0.25) is 0 Å². The van der Waals surface area contributed by atoms with E-state index in [0.29, 0.717) is 11.6 Å². The highest BCUT2D eigenvalue weighted by molar-refractivity contribution is 6.30. The van der Waals surface area contributed by atoms with Crippen molar-refractivity contribution in [2.24, 2.45) is 0 Å². The van der Waals surface area contributed by atoms with Gasteiger partial charge in [-0.05, 0) is 31.7 Å². The fourth-order valence-electron chi connectivity index (χ4n) is 1.88. The molecule has 1 saturated heterocycles. The van der Waals surface area contributed by atoms with Gasteiger partial charge < -0.3 is 14.4 Å². The molecule has 0 N–H and O–H groups in total. The molecule has 17 heavy (non-hydrogen) atoms. The number of rotatable bonds is 3. The molecule has 0 amide bonds. The lowest BCUT2D eigenvalue weighted by molar-refractivity contribution is -0.0404. The summed E-state index contributed by atoms with van der Waals surface area (Å²) in [6.07, 6.45) is 0.145. The molecule has 1 aromatic rings. The summed E-state index contributed by atoms with van der Waals surface area (Å²) in [5, 5.41) is 0.701. The molecule has 94 valence electrons. The van der Waals surface area contributed by atoms with Crippen molar-refractivity contribution in [3.63, 3.8) is 0 Å². The average Bonchev–Trinajstić information content (AvgIpc) is 2.30. The second-order valence-electron chi connectivity index (χ2n) is 4.48. The molecule has 1 heterocycles. The van der Waals surface area contributed by atoms with Crippen LogP contribution in [0.1, 0.15) is 5.56 Å². The summed E-state index contributed by atoms with van der Waals surface area (Å²) in [7, 11) is 2.10. The fraction of sp³-hybridized carbons (Fsp3) is 0.538. The molecule has 0 aromatic heterocycles. The van der Waals surface area contributed by atoms with Gasteiger partial charge in [-0.2, -0.15) is 0 Å². The number of nitrogens with zero attached hydrogens (tertiary/aromatic N) is 1. The van der Waals surface area contributed by atoms with Crippen LogP contribution < -0.4 is 4.74 Å². The molecule has 4 heteroatoms. The number of hydrogen-bond donors (Lipinski definition) is 0. The Balaban J connectivity index is 1.90. The highest BCUT2D eigenvalue weighted by atomic mass is 35.5. The molecule has 0 aliphatic carbocycles. The summed E-state index contributed by atoms with van der Waals surface area (Å²) in [5.41, 5.74) is 1.10. The van der Waals surface area contributed by atoms with Gasteiger partial charge in [-0.3, -0.25) is 0 Å². The van der Waals surface area contributed by atoms with E-state index >= 15 is 0 Å². The smallest absolute Gasteiger partial charge is 0.123 e. The molecule has 1 aliphatic rings. The van der Waals surface area contributed by atoms with Gasteiger partial charge in [0.1, 0.15) is 18.5 Å². The van der Waals surface area contributed by atoms with Crippen LogP contribution in [0.25, 0.3) is 0 Å². The summed E-state index contributed by atoms with van der Waals surface area (Å²) < 4.78 is 11.4. The number of hydrogen-bond acceptors (Lipinski definition) is 3. The Hall–Kier alpha value is -0.770. The largest absolute Gasteiger partial charge is 0.491 e. The second-order valence-corrected chi connectivity index (χ2v) is 4.91. The molecule has 1 aromatic carbocycles. The topological polar surface area (TPSA) is 21.7 Å². The van der Waals surface area contributed by atoms with Gasteiger partial charge in [0, 0.05) is 18.1 Å². The van der Waals surface area contributed by atoms with Crippen molar-refractivity contribution in [1.82, 2.24) is 4.90 Å². The zero-order valence-electron chi connectivity index (χ0n) is 10.3. The first-order valence-corrected chi connectivity index (χ1v) is 6.22. The molecule has 0 spiro atoms. The van der Waals surface area contributed by atoms with E-state index < -0.39 is 0 Å². The first kappa shape index (κ1) is 12.7. The van der Waals surface area contributed by atoms with E-state index in [1.54, 1.807) is 0 Å². The Labute approximate surface area is 107 Å². The van der Waals surface area contributed by atoms with Crippen LogP contribution in [0.2, 0.25) is 5.02 Å². The third-order valence-electron chi connectivity index (χ3n) is 2.92. The van der Waals surface area contributed by atoms with Crippen LogP contribution in [0.5, 0.6) is 5.75 Å². The van der Waals surface area contributed by atoms with Gasteiger partial charge in [-0.15, -0.1) is 0 Å². The maximum atomic E-state index is 5.94. The molecule has 0 saturated carbocycles. The minimum absolute atomic E-state index is 0.145. The summed E-state index contributed by atoms with van der Waals surface area (Å²) >= 11 is 5.94. The van der Waals surface area contributed by atoms with E-state index in [9.17, 15) is 0 Å². The minimum atomic E-state index is 0.145. The maximum Gasteiger partial charge on any atom is 0.123 e. The molecule has 1 fully saturated rings. The van der Waals surface area contributed by atoms with Gasteiger partial charge in [0.05, 0.1) is 6.61 Å². The second kappa shape index (κ2) is 5.71. The van der Waals surface area contributed by atoms with Crippen molar-refractivity contribution in [2.75, 3.05) is 33.4 Å². The Bertz CT molecular complexity index is 384. The predicted molar refractivity (Wildman–Crippen MR) is 68.9 cm³/mol. The van der Waals surface area contributed by atoms with Gasteiger partial charge in [-0.1, -0.05) is 17.7 Å². The first-order valence-electron chi connectivity index (χ1n) is 5.84. The predicted octanol–water partition coefficient (Wildman–Crippen LogP) is 2.36. The van der Waals surface area contributed by atoms with Crippen molar-refractivity contribution < 1.29 is 9.47 Å². The third kappa shape index (κ3) is 3.60. The van der Waals surface area contributed by atoms with Crippen LogP contribution >= 0.6 is 11.6 Å². The van der Waals surface area contributed by atoms with Gasteiger partial charge >= 0.3 is 0 Å². The van der Waals surface area contributed by atoms with E-state index in [1.807, 2.05) is 25.1 Å². The highest BCUT2D eigenvalue weighted by Gasteiger charge is 2.18. The fourth-order valence-corrected chi connectivity index (χ4v) is 2.04. The van der Waals surface area contributed by atoms with E-state index in [0.717, 1.165) is 31.0 Å². The molecule has 2 rings (SSSR count). The summed E-state index contributed by atoms with van der Waals surface area (Å²) in [6, 6.07) is 5.68. The minimum Gasteiger partial charge on any atom is -0.491 e. The van der Waals surface area contributed by atoms with Gasteiger partial charge in [0.15, 0.2) is 0 Å². The summed E-state index contributed by atoms with van der Waals surface area (Å²) in [5.74, 6) is 0.842. The van der Waals surface area contributed by atoms with Gasteiger partial charge in [0.25, 0.3) is 0 Å². The van der Waals surface area contributed by atoms with Crippen LogP contribution in [0, 0.1) is 6.92 Å². The van der Waals surface area contributed by atoms with Crippen molar-refractivity contribution in [2.45, 2.75) is 13.0 Å². The monoisotopic (exact) mass is 255 g/mol. The molecule has 1 aliphatic heterocycles. The van der Waals surface area contributed by atoms with Crippen LogP contribution in [0.15, 0.2) is 18.2 Å². The number of halogens is 1. The van der Waals surface area contributed by atoms with E-state index in [1.165, 1.54) is 0 Å². The van der Waals surface area contributed by atoms with Gasteiger partial charge in [-0.25, -0.2) is 0 Å². The Kier molecular flexibility index (Phi) is 4.26. The van der Waals surface area contributed by atoms with Crippen LogP contribution in [-0.4, -0.2) is 44.4 Å². The highest BCUT2D eigenvalue weighted by Crippen LogP contribution is 2.22. The zero-order valence-corrected chi connectivity index (χ0v) is 11.0. The molecular formula is C13H18ClNO2. The maximum absolute atomic E-state index is 5.94. The Morgan fingerprint density at radius 1 is 1.53 bits per heavy atom. The van der Waals surface area contributed by atoms with Crippen molar-refractivity contribution in [1.29, 1.82) is 0 Å². The molecule has 0 radical (unpaired) electrons. The lowest BCUT2D eigenvalue weighted by atomic mass is 10.2. The van der Waals surface area contributed by atoms with Crippen molar-refractivity contribution in [3.8, 4) is 5.75 Å². The molecular weight excluding hydrogens is 238 g/mol. The lowest BCUT2D eigenvalue weighted by Gasteiger charge is -2.30. The third-order valence-corrected chi connectivity index (χ3v) is 3.15. The number of benzene rings is 1. The van der Waals surface area contributed by atoms with E-state index in [-0.39, 0.29) is 6.10 Å². The van der Waals surface area contributed by atoms with Crippen molar-refractivity contribution >= 4 is 11.6 Å². The number of likely N-dealkylation sites (N-methyl/N-ethyl adjacent to an activating group) is 1. The molecule has 3 nitrogen and oxygen atoms in total. The average molecular weight is 256 g/mol. The summed E-state index contributed by atoms with van der Waals surface area (Å²) in [4.78, 5) is 2.25. The van der Waals surface area contributed by atoms with Crippen LogP contribution in [0.3, 0.4) is 0 Å². The first-order chi connectivity index (χ1) is 8.15. The van der Waals surface area contributed by atoms with Crippen LogP contribution in [0.4, 0.5) is 0 Å². The normalized spacial score (nSPS) is 21.5.